The van der Waals surface area contributed by atoms with Gasteiger partial charge in [-0.15, -0.1) is 0 Å². The van der Waals surface area contributed by atoms with Crippen molar-refractivity contribution in [2.24, 2.45) is 0 Å². The molecule has 0 aliphatic carbocycles. The van der Waals surface area contributed by atoms with Crippen molar-refractivity contribution in [3.63, 3.8) is 0 Å². The molecule has 0 aromatic carbocycles. The van der Waals surface area contributed by atoms with Gasteiger partial charge in [-0.3, -0.25) is 0 Å². The van der Waals surface area contributed by atoms with E-state index in [1.54, 1.807) is 6.55 Å². The number of hydrogen-bond donors (Lipinski definition) is 1. The molecular weight excluding hydrogens is 364 g/mol. The van der Waals surface area contributed by atoms with Crippen molar-refractivity contribution in [1.82, 2.24) is 0 Å². The van der Waals surface area contributed by atoms with E-state index >= 15 is 0 Å². The third-order valence-electron chi connectivity index (χ3n) is 4.81. The average Bonchev–Trinajstić information content (AvgIpc) is 2.68. The van der Waals surface area contributed by atoms with Gasteiger partial charge < -0.3 is 14.3 Å². The van der Waals surface area contributed by atoms with Crippen molar-refractivity contribution in [2.45, 2.75) is 97.1 Å². The van der Waals surface area contributed by atoms with Gasteiger partial charge in [0.15, 0.2) is 0 Å². The molecule has 0 aliphatic rings. The molecule has 0 fully saturated rings. The van der Waals surface area contributed by atoms with Gasteiger partial charge in [0, 0.05) is 19.6 Å². The fourth-order valence-electron chi connectivity index (χ4n) is 2.98. The van der Waals surface area contributed by atoms with E-state index in [2.05, 4.69) is 43.4 Å². The van der Waals surface area contributed by atoms with E-state index in [-0.39, 0.29) is 5.41 Å². The Labute approximate surface area is 175 Å². The summed E-state index contributed by atoms with van der Waals surface area (Å²) in [6.45, 7) is 7.24. The maximum atomic E-state index is 12.2. The van der Waals surface area contributed by atoms with Gasteiger partial charge in [0.2, 0.25) is 0 Å². The largest absolute Gasteiger partial charge is 0.425 e. The van der Waals surface area contributed by atoms with Crippen molar-refractivity contribution in [2.75, 3.05) is 13.2 Å². The quantitative estimate of drug-likeness (QED) is 0.147. The Hall–Kier alpha value is -0.973. The summed E-state index contributed by atoms with van der Waals surface area (Å²) in [5.74, 6) is 0. The number of allylic oxidation sites excluding steroid dienone is 6. The van der Waals surface area contributed by atoms with Crippen LogP contribution in [0, 0.1) is 0 Å². The summed E-state index contributed by atoms with van der Waals surface area (Å²) in [6.07, 6.45) is 24.7. The van der Waals surface area contributed by atoms with E-state index in [4.69, 9.17) is 4.74 Å². The van der Waals surface area contributed by atoms with E-state index in [9.17, 15) is 9.59 Å². The molecule has 0 amide bonds. The van der Waals surface area contributed by atoms with Crippen LogP contribution in [0.15, 0.2) is 36.5 Å². The fraction of sp³-hybridized carbons (Fsp3) is 0.708. The molecule has 0 heterocycles. The lowest BCUT2D eigenvalue weighted by Crippen LogP contribution is -2.41. The molecule has 0 spiro atoms. The summed E-state index contributed by atoms with van der Waals surface area (Å²) in [6, 6.07) is 0.628. The minimum atomic E-state index is -2.70. The van der Waals surface area contributed by atoms with Crippen LogP contribution in [0.1, 0.15) is 84.5 Å². The molecular formula is C24H44O3Si. The Bertz CT molecular complexity index is 453. The third kappa shape index (κ3) is 17.1. The predicted octanol–water partition coefficient (Wildman–Crippen LogP) is 6.68. The Morgan fingerprint density at radius 1 is 0.857 bits per heavy atom. The summed E-state index contributed by atoms with van der Waals surface area (Å²) >= 11 is 0. The Morgan fingerprint density at radius 2 is 1.46 bits per heavy atom. The molecule has 162 valence electrons. The fourth-order valence-corrected chi connectivity index (χ4v) is 4.80. The van der Waals surface area contributed by atoms with Gasteiger partial charge in [-0.05, 0) is 64.5 Å². The molecule has 1 atom stereocenters. The summed E-state index contributed by atoms with van der Waals surface area (Å²) in [4.78, 5) is 22.6. The maximum Gasteiger partial charge on any atom is 0.258 e. The van der Waals surface area contributed by atoms with E-state index in [0.29, 0.717) is 25.7 Å². The summed E-state index contributed by atoms with van der Waals surface area (Å²) in [5, 5.41) is 0.116. The molecule has 0 bridgehead atoms. The predicted molar refractivity (Wildman–Crippen MR) is 124 cm³/mol. The molecule has 4 heteroatoms. The number of ether oxygens (including phenoxy) is 1. The summed E-state index contributed by atoms with van der Waals surface area (Å²) in [5.41, 5.74) is 0. The first-order valence-electron chi connectivity index (χ1n) is 11.3. The smallest absolute Gasteiger partial charge is 0.258 e. The number of carbonyl (C=O) groups is 1. The standard InChI is InChI=1S/C24H44O3Si/c1-4-6-7-8-9-10-11-12-13-14-15-16-17-18-19-21-24(25)28(3,26)23-20-22-27-5-2/h6-7,9-10,12-13,26H,4-5,8,11,14-23H2,1-3H3. The zero-order valence-corrected chi connectivity index (χ0v) is 19.6. The SMILES string of the molecule is CCC=CCC=CCC=CCCCCCCCC(=O)[Si](C)(O)CCCOCC. The van der Waals surface area contributed by atoms with Gasteiger partial charge in [0.1, 0.15) is 5.41 Å². The summed E-state index contributed by atoms with van der Waals surface area (Å²) < 4.78 is 5.29. The van der Waals surface area contributed by atoms with Crippen molar-refractivity contribution >= 4 is 13.7 Å². The monoisotopic (exact) mass is 408 g/mol. The lowest BCUT2D eigenvalue weighted by Gasteiger charge is -2.18. The normalized spacial score (nSPS) is 14.4. The van der Waals surface area contributed by atoms with Crippen LogP contribution >= 0.6 is 0 Å². The average molecular weight is 409 g/mol. The van der Waals surface area contributed by atoms with E-state index in [1.807, 2.05) is 6.92 Å². The Kier molecular flexibility index (Phi) is 18.7. The van der Waals surface area contributed by atoms with Crippen LogP contribution in [0.2, 0.25) is 12.6 Å². The molecule has 0 aromatic rings. The topological polar surface area (TPSA) is 46.5 Å². The van der Waals surface area contributed by atoms with Gasteiger partial charge in [0.05, 0.1) is 0 Å². The second kappa shape index (κ2) is 19.3. The first-order valence-corrected chi connectivity index (χ1v) is 14.0. The van der Waals surface area contributed by atoms with E-state index in [0.717, 1.165) is 44.9 Å². The third-order valence-corrected chi connectivity index (χ3v) is 7.59. The molecule has 0 aromatic heterocycles. The molecule has 0 aliphatic heterocycles. The molecule has 1 N–H and O–H groups in total. The Balaban J connectivity index is 3.56. The molecule has 1 unspecified atom stereocenters. The van der Waals surface area contributed by atoms with E-state index < -0.39 is 8.32 Å². The summed E-state index contributed by atoms with van der Waals surface area (Å²) in [7, 11) is -2.70. The van der Waals surface area contributed by atoms with Gasteiger partial charge in [-0.1, -0.05) is 62.6 Å². The number of rotatable bonds is 19. The first kappa shape index (κ1) is 27.0. The van der Waals surface area contributed by atoms with Crippen LogP contribution in [0.3, 0.4) is 0 Å². The number of unbranched alkanes of at least 4 members (excludes halogenated alkanes) is 5. The number of carbonyl (C=O) groups excluding carboxylic acids is 1. The molecule has 0 radical (unpaired) electrons. The lowest BCUT2D eigenvalue weighted by atomic mass is 10.1. The highest BCUT2D eigenvalue weighted by atomic mass is 28.4. The van der Waals surface area contributed by atoms with Crippen LogP contribution in [-0.4, -0.2) is 31.7 Å². The van der Waals surface area contributed by atoms with Crippen LogP contribution in [0.25, 0.3) is 0 Å². The van der Waals surface area contributed by atoms with Crippen LogP contribution in [0.4, 0.5) is 0 Å². The number of hydrogen-bond acceptors (Lipinski definition) is 3. The second-order valence-corrected chi connectivity index (χ2v) is 11.2. The second-order valence-electron chi connectivity index (χ2n) is 7.60. The van der Waals surface area contributed by atoms with Gasteiger partial charge in [0.25, 0.3) is 8.32 Å². The van der Waals surface area contributed by atoms with Crippen molar-refractivity contribution in [3.05, 3.63) is 36.5 Å². The zero-order valence-electron chi connectivity index (χ0n) is 18.6. The molecule has 0 saturated heterocycles. The highest BCUT2D eigenvalue weighted by Crippen LogP contribution is 2.15. The molecule has 0 saturated carbocycles. The molecule has 28 heavy (non-hydrogen) atoms. The van der Waals surface area contributed by atoms with Crippen molar-refractivity contribution in [1.29, 1.82) is 0 Å². The highest BCUT2D eigenvalue weighted by molar-refractivity contribution is 6.99. The highest BCUT2D eigenvalue weighted by Gasteiger charge is 2.32. The van der Waals surface area contributed by atoms with E-state index in [1.165, 1.54) is 19.3 Å². The minimum absolute atomic E-state index is 0.116. The molecule has 3 nitrogen and oxygen atoms in total. The van der Waals surface area contributed by atoms with Gasteiger partial charge in [-0.2, -0.15) is 0 Å². The van der Waals surface area contributed by atoms with Crippen LogP contribution in [0.5, 0.6) is 0 Å². The minimum Gasteiger partial charge on any atom is -0.425 e. The van der Waals surface area contributed by atoms with Gasteiger partial charge >= 0.3 is 0 Å². The maximum absolute atomic E-state index is 12.2. The van der Waals surface area contributed by atoms with Crippen LogP contribution < -0.4 is 0 Å². The zero-order chi connectivity index (χ0) is 20.9. The molecule has 0 rings (SSSR count). The van der Waals surface area contributed by atoms with Crippen molar-refractivity contribution in [3.8, 4) is 0 Å². The lowest BCUT2D eigenvalue weighted by molar-refractivity contribution is -0.113. The van der Waals surface area contributed by atoms with Crippen molar-refractivity contribution < 1.29 is 14.3 Å². The Morgan fingerprint density at radius 3 is 2.14 bits per heavy atom. The van der Waals surface area contributed by atoms with Gasteiger partial charge in [-0.25, -0.2) is 0 Å². The van der Waals surface area contributed by atoms with Crippen LogP contribution in [-0.2, 0) is 9.53 Å². The first-order chi connectivity index (χ1) is 13.5.